The Morgan fingerprint density at radius 1 is 1.37 bits per heavy atom. The van der Waals surface area contributed by atoms with E-state index in [1.165, 1.54) is 29.2 Å². The second-order valence-corrected chi connectivity index (χ2v) is 4.46. The number of phenolic OH excluding ortho intramolecular Hbond substituents is 1. The predicted molar refractivity (Wildman–Crippen MR) is 66.6 cm³/mol. The van der Waals surface area contributed by atoms with Gasteiger partial charge < -0.3 is 5.11 Å². The second kappa shape index (κ2) is 5.19. The number of aromatic hydroxyl groups is 1. The van der Waals surface area contributed by atoms with Gasteiger partial charge in [0, 0.05) is 5.56 Å². The van der Waals surface area contributed by atoms with Crippen LogP contribution in [0.2, 0.25) is 0 Å². The third kappa shape index (κ3) is 2.97. The molecule has 1 unspecified atom stereocenters. The molecule has 2 amide bonds. The van der Waals surface area contributed by atoms with Crippen LogP contribution in [0.5, 0.6) is 5.75 Å². The zero-order valence-corrected chi connectivity index (χ0v) is 10.4. The molecule has 1 aliphatic rings. The van der Waals surface area contributed by atoms with Crippen LogP contribution in [0.25, 0.3) is 0 Å². The molecule has 19 heavy (non-hydrogen) atoms. The standard InChI is InChI=1S/C13H14N2O4/c1-8-13(19)14-12(18)7-15(8)6-11(17)9-2-4-10(16)5-3-9/h2-5,8,16H,6-7H2,1H3,(H,14,18,19). The predicted octanol–water partition coefficient (Wildman–Crippen LogP) is -0.0782. The molecule has 0 radical (unpaired) electrons. The van der Waals surface area contributed by atoms with Crippen molar-refractivity contribution in [2.75, 3.05) is 13.1 Å². The Morgan fingerprint density at radius 3 is 2.63 bits per heavy atom. The van der Waals surface area contributed by atoms with Gasteiger partial charge in [-0.3, -0.25) is 24.6 Å². The lowest BCUT2D eigenvalue weighted by atomic mass is 10.1. The van der Waals surface area contributed by atoms with E-state index in [-0.39, 0.29) is 24.6 Å². The summed E-state index contributed by atoms with van der Waals surface area (Å²) < 4.78 is 0. The van der Waals surface area contributed by atoms with Crippen LogP contribution in [0.15, 0.2) is 24.3 Å². The van der Waals surface area contributed by atoms with Gasteiger partial charge in [0.1, 0.15) is 5.75 Å². The minimum absolute atomic E-state index is 0.00883. The molecule has 0 spiro atoms. The fourth-order valence-corrected chi connectivity index (χ4v) is 1.88. The number of amides is 2. The van der Waals surface area contributed by atoms with Gasteiger partial charge in [0.05, 0.1) is 19.1 Å². The average molecular weight is 262 g/mol. The molecular weight excluding hydrogens is 248 g/mol. The highest BCUT2D eigenvalue weighted by Gasteiger charge is 2.31. The van der Waals surface area contributed by atoms with E-state index in [1.54, 1.807) is 6.92 Å². The maximum atomic E-state index is 12.0. The highest BCUT2D eigenvalue weighted by Crippen LogP contribution is 2.12. The third-order valence-corrected chi connectivity index (χ3v) is 3.07. The summed E-state index contributed by atoms with van der Waals surface area (Å²) in [6.07, 6.45) is 0. The van der Waals surface area contributed by atoms with E-state index >= 15 is 0 Å². The minimum Gasteiger partial charge on any atom is -0.508 e. The number of piperazine rings is 1. The largest absolute Gasteiger partial charge is 0.508 e. The first-order chi connectivity index (χ1) is 8.97. The summed E-state index contributed by atoms with van der Waals surface area (Å²) in [5.74, 6) is -0.914. The third-order valence-electron chi connectivity index (χ3n) is 3.07. The molecule has 6 nitrogen and oxygen atoms in total. The summed E-state index contributed by atoms with van der Waals surface area (Å²) in [5, 5.41) is 11.4. The highest BCUT2D eigenvalue weighted by atomic mass is 16.3. The molecule has 0 saturated carbocycles. The number of Topliss-reactive ketones (excluding diaryl/α,β-unsaturated/α-hetero) is 1. The number of benzene rings is 1. The molecule has 6 heteroatoms. The van der Waals surface area contributed by atoms with E-state index < -0.39 is 17.9 Å². The van der Waals surface area contributed by atoms with Crippen LogP contribution in [0.1, 0.15) is 17.3 Å². The van der Waals surface area contributed by atoms with Gasteiger partial charge in [-0.1, -0.05) is 0 Å². The molecule has 0 aromatic heterocycles. The zero-order valence-electron chi connectivity index (χ0n) is 10.4. The van der Waals surface area contributed by atoms with E-state index in [0.29, 0.717) is 5.56 Å². The maximum Gasteiger partial charge on any atom is 0.243 e. The van der Waals surface area contributed by atoms with E-state index in [0.717, 1.165) is 0 Å². The summed E-state index contributed by atoms with van der Waals surface area (Å²) >= 11 is 0. The van der Waals surface area contributed by atoms with Crippen molar-refractivity contribution in [1.82, 2.24) is 10.2 Å². The molecular formula is C13H14N2O4. The number of phenols is 1. The molecule has 1 fully saturated rings. The van der Waals surface area contributed by atoms with Crippen molar-refractivity contribution in [3.05, 3.63) is 29.8 Å². The molecule has 1 heterocycles. The normalized spacial score (nSPS) is 20.2. The quantitative estimate of drug-likeness (QED) is 0.588. The summed E-state index contributed by atoms with van der Waals surface area (Å²) in [6, 6.07) is 5.34. The van der Waals surface area contributed by atoms with Gasteiger partial charge in [-0.25, -0.2) is 0 Å². The molecule has 1 aliphatic heterocycles. The number of nitrogens with zero attached hydrogens (tertiary/aromatic N) is 1. The topological polar surface area (TPSA) is 86.7 Å². The molecule has 2 rings (SSSR count). The molecule has 2 N–H and O–H groups in total. The lowest BCUT2D eigenvalue weighted by molar-refractivity contribution is -0.139. The molecule has 0 bridgehead atoms. The number of rotatable bonds is 3. The minimum atomic E-state index is -0.515. The van der Waals surface area contributed by atoms with Gasteiger partial charge in [0.2, 0.25) is 11.8 Å². The smallest absolute Gasteiger partial charge is 0.243 e. The van der Waals surface area contributed by atoms with Crippen LogP contribution in [-0.2, 0) is 9.59 Å². The first kappa shape index (κ1) is 13.2. The zero-order chi connectivity index (χ0) is 14.0. The Bertz CT molecular complexity index is 524. The Kier molecular flexibility index (Phi) is 3.62. The van der Waals surface area contributed by atoms with Crippen molar-refractivity contribution in [3.8, 4) is 5.75 Å². The van der Waals surface area contributed by atoms with Crippen LogP contribution in [0.4, 0.5) is 0 Å². The lowest BCUT2D eigenvalue weighted by Crippen LogP contribution is -2.57. The van der Waals surface area contributed by atoms with Crippen LogP contribution >= 0.6 is 0 Å². The SMILES string of the molecule is CC1C(=O)NC(=O)CN1CC(=O)c1ccc(O)cc1. The van der Waals surface area contributed by atoms with Gasteiger partial charge in [-0.2, -0.15) is 0 Å². The molecule has 0 aliphatic carbocycles. The van der Waals surface area contributed by atoms with E-state index in [4.69, 9.17) is 5.11 Å². The van der Waals surface area contributed by atoms with Gasteiger partial charge in [0.25, 0.3) is 0 Å². The molecule has 1 atom stereocenters. The number of ketones is 1. The molecule has 1 aromatic carbocycles. The molecule has 1 saturated heterocycles. The lowest BCUT2D eigenvalue weighted by Gasteiger charge is -2.30. The van der Waals surface area contributed by atoms with Gasteiger partial charge in [-0.15, -0.1) is 0 Å². The maximum absolute atomic E-state index is 12.0. The van der Waals surface area contributed by atoms with Crippen molar-refractivity contribution < 1.29 is 19.5 Å². The van der Waals surface area contributed by atoms with Crippen molar-refractivity contribution in [2.45, 2.75) is 13.0 Å². The summed E-state index contributed by atoms with van der Waals surface area (Å²) in [6.45, 7) is 1.66. The summed E-state index contributed by atoms with van der Waals surface area (Å²) in [7, 11) is 0. The van der Waals surface area contributed by atoms with Crippen LogP contribution in [0, 0.1) is 0 Å². The van der Waals surface area contributed by atoms with Crippen molar-refractivity contribution in [1.29, 1.82) is 0 Å². The van der Waals surface area contributed by atoms with Crippen molar-refractivity contribution in [3.63, 3.8) is 0 Å². The molecule has 1 aromatic rings. The van der Waals surface area contributed by atoms with E-state index in [1.807, 2.05) is 0 Å². The first-order valence-electron chi connectivity index (χ1n) is 5.87. The first-order valence-corrected chi connectivity index (χ1v) is 5.87. The summed E-state index contributed by atoms with van der Waals surface area (Å²) in [5.41, 5.74) is 0.434. The number of hydrogen-bond donors (Lipinski definition) is 2. The second-order valence-electron chi connectivity index (χ2n) is 4.46. The van der Waals surface area contributed by atoms with Crippen molar-refractivity contribution >= 4 is 17.6 Å². The van der Waals surface area contributed by atoms with Gasteiger partial charge in [-0.05, 0) is 31.2 Å². The fraction of sp³-hybridized carbons (Fsp3) is 0.308. The molecule has 100 valence electrons. The average Bonchev–Trinajstić information content (AvgIpc) is 2.36. The fourth-order valence-electron chi connectivity index (χ4n) is 1.88. The number of hydrogen-bond acceptors (Lipinski definition) is 5. The van der Waals surface area contributed by atoms with Crippen LogP contribution in [-0.4, -0.2) is 46.7 Å². The number of carbonyl (C=O) groups excluding carboxylic acids is 3. The van der Waals surface area contributed by atoms with Crippen LogP contribution in [0.3, 0.4) is 0 Å². The van der Waals surface area contributed by atoms with Gasteiger partial charge in [0.15, 0.2) is 5.78 Å². The van der Waals surface area contributed by atoms with E-state index in [2.05, 4.69) is 5.32 Å². The van der Waals surface area contributed by atoms with Crippen LogP contribution < -0.4 is 5.32 Å². The Balaban J connectivity index is 2.07. The summed E-state index contributed by atoms with van der Waals surface area (Å²) in [4.78, 5) is 36.3. The number of carbonyl (C=O) groups is 3. The Morgan fingerprint density at radius 2 is 2.00 bits per heavy atom. The highest BCUT2D eigenvalue weighted by molar-refractivity contribution is 6.03. The van der Waals surface area contributed by atoms with Gasteiger partial charge >= 0.3 is 0 Å². The Labute approximate surface area is 110 Å². The number of nitrogens with one attached hydrogen (secondary N) is 1. The monoisotopic (exact) mass is 262 g/mol. The Hall–Kier alpha value is -2.21. The van der Waals surface area contributed by atoms with Crippen molar-refractivity contribution in [2.24, 2.45) is 0 Å². The van der Waals surface area contributed by atoms with E-state index in [9.17, 15) is 14.4 Å². The number of imide groups is 1.